The van der Waals surface area contributed by atoms with E-state index in [2.05, 4.69) is 45.0 Å². The third-order valence-electron chi connectivity index (χ3n) is 6.46. The highest BCUT2D eigenvalue weighted by Crippen LogP contribution is 2.60. The molecule has 0 heterocycles. The molecule has 0 saturated carbocycles. The maximum atomic E-state index is 14.6. The van der Waals surface area contributed by atoms with Gasteiger partial charge in [0.2, 0.25) is 0 Å². The van der Waals surface area contributed by atoms with Crippen LogP contribution in [-0.4, -0.2) is 11.4 Å². The van der Waals surface area contributed by atoms with Crippen molar-refractivity contribution in [2.24, 2.45) is 0 Å². The molecule has 0 amide bonds. The van der Waals surface area contributed by atoms with Gasteiger partial charge < -0.3 is 4.74 Å². The lowest BCUT2D eigenvalue weighted by molar-refractivity contribution is -0.134. The van der Waals surface area contributed by atoms with Crippen LogP contribution in [0.3, 0.4) is 0 Å². The molecule has 0 radical (unpaired) electrons. The molecular formula is C33H30O2. The topological polar surface area (TPSA) is 26.3 Å². The van der Waals surface area contributed by atoms with Crippen LogP contribution in [0, 0.1) is 0 Å². The summed E-state index contributed by atoms with van der Waals surface area (Å²) < 4.78 is 7.15. The van der Waals surface area contributed by atoms with E-state index in [4.69, 9.17) is 4.74 Å². The molecular weight excluding hydrogens is 428 g/mol. The Kier molecular flexibility index (Phi) is 6.00. The van der Waals surface area contributed by atoms with Gasteiger partial charge in [-0.1, -0.05) is 121 Å². The third-order valence-corrected chi connectivity index (χ3v) is 6.46. The zero-order valence-electron chi connectivity index (χ0n) is 20.4. The number of carbonyl (C=O) groups is 1. The Morgan fingerprint density at radius 1 is 0.629 bits per heavy atom. The highest BCUT2D eigenvalue weighted by Gasteiger charge is 2.58. The summed E-state index contributed by atoms with van der Waals surface area (Å²) in [7, 11) is 0. The van der Waals surface area contributed by atoms with Gasteiger partial charge in [0, 0.05) is 11.1 Å². The van der Waals surface area contributed by atoms with Gasteiger partial charge >= 0.3 is 0 Å². The molecule has 2 heteroatoms. The van der Waals surface area contributed by atoms with E-state index >= 15 is 0 Å². The van der Waals surface area contributed by atoms with Gasteiger partial charge in [0.15, 0.2) is 5.78 Å². The summed E-state index contributed by atoms with van der Waals surface area (Å²) in [5.74, 6) is -0.454. The molecule has 0 bridgehead atoms. The molecule has 35 heavy (non-hydrogen) atoms. The van der Waals surface area contributed by atoms with Crippen molar-refractivity contribution in [1.82, 2.24) is 0 Å². The van der Waals surface area contributed by atoms with Crippen LogP contribution >= 0.6 is 0 Å². The fraction of sp³-hybridized carbons (Fsp3) is 0.182. The first-order chi connectivity index (χ1) is 16.9. The van der Waals surface area contributed by atoms with Crippen molar-refractivity contribution in [1.29, 1.82) is 0 Å². The van der Waals surface area contributed by atoms with Crippen LogP contribution in [0.5, 0.6) is 0 Å². The van der Waals surface area contributed by atoms with E-state index in [0.29, 0.717) is 0 Å². The van der Waals surface area contributed by atoms with Crippen LogP contribution in [0.4, 0.5) is 0 Å². The van der Waals surface area contributed by atoms with E-state index in [1.165, 1.54) is 0 Å². The Bertz CT molecular complexity index is 1330. The Balaban J connectivity index is 1.95. The molecule has 2 atom stereocenters. The molecule has 0 saturated heterocycles. The molecule has 1 aliphatic rings. The minimum Gasteiger partial charge on any atom is -0.359 e. The summed E-state index contributed by atoms with van der Waals surface area (Å²) in [4.78, 5) is 14.6. The van der Waals surface area contributed by atoms with Gasteiger partial charge in [-0.2, -0.15) is 0 Å². The fourth-order valence-corrected chi connectivity index (χ4v) is 5.32. The SMILES string of the molecule is CC(C)(C)O[C@]1(c2ccccc2)C(c2ccccc2)=C(c2ccccc2)C(=O)[C@@H]1c1ccccc1. The molecule has 0 fully saturated rings. The van der Waals surface area contributed by atoms with Crippen LogP contribution in [0.25, 0.3) is 11.1 Å². The van der Waals surface area contributed by atoms with Gasteiger partial charge in [0.05, 0.1) is 11.5 Å². The summed E-state index contributed by atoms with van der Waals surface area (Å²) in [5.41, 5.74) is 3.94. The highest BCUT2D eigenvalue weighted by molar-refractivity contribution is 6.35. The quantitative estimate of drug-likeness (QED) is 0.307. The van der Waals surface area contributed by atoms with Gasteiger partial charge in [-0.3, -0.25) is 4.79 Å². The van der Waals surface area contributed by atoms with Gasteiger partial charge in [0.1, 0.15) is 5.60 Å². The smallest absolute Gasteiger partial charge is 0.174 e. The maximum absolute atomic E-state index is 14.6. The standard InChI is InChI=1S/C33H30O2/c1-32(2,3)35-33(27-22-14-7-15-23-27)29(25-18-10-5-11-19-25)28(24-16-8-4-9-17-24)31(34)30(33)26-20-12-6-13-21-26/h4-23,30H,1-3H3/t30-,33+/m0/s1. The van der Waals surface area contributed by atoms with Crippen LogP contribution in [-0.2, 0) is 15.1 Å². The normalized spacial score (nSPS) is 20.3. The number of rotatable bonds is 5. The Morgan fingerprint density at radius 2 is 1.09 bits per heavy atom. The van der Waals surface area contributed by atoms with Crippen molar-refractivity contribution in [2.45, 2.75) is 37.9 Å². The number of carbonyl (C=O) groups excluding carboxylic acids is 1. The summed E-state index contributed by atoms with van der Waals surface area (Å²) in [6, 6.07) is 40.5. The lowest BCUT2D eigenvalue weighted by atomic mass is 9.73. The zero-order valence-corrected chi connectivity index (χ0v) is 20.4. The van der Waals surface area contributed by atoms with E-state index in [9.17, 15) is 4.79 Å². The Labute approximate surface area is 207 Å². The number of ether oxygens (including phenoxy) is 1. The predicted octanol–water partition coefficient (Wildman–Crippen LogP) is 7.67. The van der Waals surface area contributed by atoms with Crippen LogP contribution < -0.4 is 0 Å². The minimum atomic E-state index is -1.01. The number of hydrogen-bond donors (Lipinski definition) is 0. The number of allylic oxidation sites excluding steroid dienone is 1. The highest BCUT2D eigenvalue weighted by atomic mass is 16.5. The summed E-state index contributed by atoms with van der Waals surface area (Å²) in [5, 5.41) is 0. The second kappa shape index (κ2) is 9.13. The van der Waals surface area contributed by atoms with Crippen molar-refractivity contribution in [2.75, 3.05) is 0 Å². The van der Waals surface area contributed by atoms with Gasteiger partial charge in [-0.25, -0.2) is 0 Å². The van der Waals surface area contributed by atoms with E-state index in [0.717, 1.165) is 33.4 Å². The first kappa shape index (κ1) is 23.0. The average molecular weight is 459 g/mol. The molecule has 0 aromatic heterocycles. The Morgan fingerprint density at radius 3 is 1.60 bits per heavy atom. The summed E-state index contributed by atoms with van der Waals surface area (Å²) in [6.07, 6.45) is 0. The number of hydrogen-bond acceptors (Lipinski definition) is 2. The largest absolute Gasteiger partial charge is 0.359 e. The average Bonchev–Trinajstić information content (AvgIpc) is 3.13. The van der Waals surface area contributed by atoms with E-state index in [-0.39, 0.29) is 5.78 Å². The van der Waals surface area contributed by atoms with Crippen molar-refractivity contribution >= 4 is 16.9 Å². The summed E-state index contributed by atoms with van der Waals surface area (Å²) in [6.45, 7) is 6.19. The lowest BCUT2D eigenvalue weighted by Crippen LogP contribution is -2.43. The molecule has 0 aliphatic heterocycles. The van der Waals surface area contributed by atoms with E-state index < -0.39 is 17.1 Å². The maximum Gasteiger partial charge on any atom is 0.174 e. The molecule has 0 unspecified atom stereocenters. The Hall–Kier alpha value is -3.75. The first-order valence-electron chi connectivity index (χ1n) is 12.1. The van der Waals surface area contributed by atoms with Crippen molar-refractivity contribution in [3.63, 3.8) is 0 Å². The molecule has 0 spiro atoms. The minimum absolute atomic E-state index is 0.0781. The fourth-order valence-electron chi connectivity index (χ4n) is 5.32. The van der Waals surface area contributed by atoms with Gasteiger partial charge in [-0.15, -0.1) is 0 Å². The third kappa shape index (κ3) is 4.15. The second-order valence-electron chi connectivity index (χ2n) is 10.0. The number of benzene rings is 4. The second-order valence-corrected chi connectivity index (χ2v) is 10.0. The van der Waals surface area contributed by atoms with Crippen LogP contribution in [0.2, 0.25) is 0 Å². The molecule has 4 aromatic rings. The van der Waals surface area contributed by atoms with Crippen LogP contribution in [0.15, 0.2) is 121 Å². The zero-order chi connectivity index (χ0) is 24.5. The number of Topliss-reactive ketones (excluding diaryl/α,β-unsaturated/α-hetero) is 1. The predicted molar refractivity (Wildman–Crippen MR) is 143 cm³/mol. The molecule has 174 valence electrons. The first-order valence-corrected chi connectivity index (χ1v) is 12.1. The van der Waals surface area contributed by atoms with Gasteiger partial charge in [-0.05, 0) is 43.0 Å². The lowest BCUT2D eigenvalue weighted by Gasteiger charge is -2.43. The van der Waals surface area contributed by atoms with Crippen molar-refractivity contribution in [3.8, 4) is 0 Å². The monoisotopic (exact) mass is 458 g/mol. The molecule has 0 N–H and O–H groups in total. The number of ketones is 1. The molecule has 5 rings (SSSR count). The van der Waals surface area contributed by atoms with Crippen LogP contribution in [0.1, 0.15) is 48.9 Å². The van der Waals surface area contributed by atoms with Crippen molar-refractivity contribution in [3.05, 3.63) is 144 Å². The van der Waals surface area contributed by atoms with Gasteiger partial charge in [0.25, 0.3) is 0 Å². The van der Waals surface area contributed by atoms with Crippen molar-refractivity contribution < 1.29 is 9.53 Å². The molecule has 2 nitrogen and oxygen atoms in total. The molecule has 4 aromatic carbocycles. The molecule has 1 aliphatic carbocycles. The summed E-state index contributed by atoms with van der Waals surface area (Å²) >= 11 is 0. The van der Waals surface area contributed by atoms with E-state index in [1.54, 1.807) is 0 Å². The van der Waals surface area contributed by atoms with E-state index in [1.807, 2.05) is 97.1 Å².